The molecule has 3 heteroatoms. The second kappa shape index (κ2) is 3.38. The second-order valence-electron chi connectivity index (χ2n) is 3.57. The Labute approximate surface area is 92.4 Å². The first-order valence-corrected chi connectivity index (χ1v) is 4.98. The van der Waals surface area contributed by atoms with Gasteiger partial charge in [0.2, 0.25) is 0 Å². The molecule has 0 bridgehead atoms. The van der Waals surface area contributed by atoms with Gasteiger partial charge in [0.05, 0.1) is 0 Å². The maximum absolute atomic E-state index is 9.72. The fraction of sp³-hybridized carbons (Fsp3) is 0. The molecule has 2 aromatic heterocycles. The Morgan fingerprint density at radius 2 is 2.25 bits per heavy atom. The molecular formula is C13H9N2O. The molecule has 1 aromatic carbocycles. The van der Waals surface area contributed by atoms with E-state index in [2.05, 4.69) is 16.0 Å². The third-order valence-electron chi connectivity index (χ3n) is 2.52. The van der Waals surface area contributed by atoms with Crippen LogP contribution in [0.2, 0.25) is 0 Å². The molecule has 77 valence electrons. The molecule has 0 saturated heterocycles. The molecule has 0 spiro atoms. The van der Waals surface area contributed by atoms with E-state index >= 15 is 0 Å². The molecule has 0 aliphatic carbocycles. The van der Waals surface area contributed by atoms with Crippen molar-refractivity contribution in [2.45, 2.75) is 0 Å². The predicted molar refractivity (Wildman–Crippen MR) is 62.0 cm³/mol. The molecule has 2 N–H and O–H groups in total. The number of nitrogens with one attached hydrogen (secondary N) is 1. The molecule has 3 nitrogen and oxygen atoms in total. The van der Waals surface area contributed by atoms with Gasteiger partial charge in [-0.15, -0.1) is 0 Å². The summed E-state index contributed by atoms with van der Waals surface area (Å²) in [5, 5.41) is 10.7. The van der Waals surface area contributed by atoms with Crippen molar-refractivity contribution in [1.82, 2.24) is 9.97 Å². The second-order valence-corrected chi connectivity index (χ2v) is 3.57. The molecule has 1 radical (unpaired) electrons. The number of aromatic amines is 1. The highest BCUT2D eigenvalue weighted by atomic mass is 16.3. The highest BCUT2D eigenvalue weighted by molar-refractivity contribution is 5.82. The Kier molecular flexibility index (Phi) is 1.90. The van der Waals surface area contributed by atoms with Gasteiger partial charge in [-0.3, -0.25) is 0 Å². The van der Waals surface area contributed by atoms with Crippen molar-refractivity contribution in [3.8, 4) is 16.9 Å². The molecule has 16 heavy (non-hydrogen) atoms. The largest absolute Gasteiger partial charge is 0.507 e. The van der Waals surface area contributed by atoms with Crippen LogP contribution in [0.25, 0.3) is 22.2 Å². The maximum atomic E-state index is 9.72. The number of hydrogen-bond acceptors (Lipinski definition) is 2. The van der Waals surface area contributed by atoms with E-state index in [-0.39, 0.29) is 5.75 Å². The van der Waals surface area contributed by atoms with Crippen LogP contribution in [0.4, 0.5) is 0 Å². The molecule has 0 aliphatic rings. The third-order valence-corrected chi connectivity index (χ3v) is 2.52. The van der Waals surface area contributed by atoms with Crippen molar-refractivity contribution in [1.29, 1.82) is 0 Å². The lowest BCUT2D eigenvalue weighted by Gasteiger charge is -2.03. The number of hydrogen-bond donors (Lipinski definition) is 2. The van der Waals surface area contributed by atoms with Gasteiger partial charge in [-0.1, -0.05) is 12.1 Å². The van der Waals surface area contributed by atoms with Crippen molar-refractivity contribution in [3.63, 3.8) is 0 Å². The fourth-order valence-electron chi connectivity index (χ4n) is 1.74. The summed E-state index contributed by atoms with van der Waals surface area (Å²) in [7, 11) is 0. The van der Waals surface area contributed by atoms with Gasteiger partial charge in [0.15, 0.2) is 0 Å². The van der Waals surface area contributed by atoms with Crippen LogP contribution in [-0.2, 0) is 0 Å². The van der Waals surface area contributed by atoms with E-state index in [1.165, 1.54) is 0 Å². The number of aromatic hydroxyl groups is 1. The monoisotopic (exact) mass is 209 g/mol. The minimum Gasteiger partial charge on any atom is -0.507 e. The summed E-state index contributed by atoms with van der Waals surface area (Å²) < 4.78 is 0. The van der Waals surface area contributed by atoms with Crippen molar-refractivity contribution in [3.05, 3.63) is 48.8 Å². The summed E-state index contributed by atoms with van der Waals surface area (Å²) in [5.74, 6) is 0.221. The average molecular weight is 209 g/mol. The number of benzene rings is 1. The van der Waals surface area contributed by atoms with Crippen LogP contribution in [0.1, 0.15) is 0 Å². The number of pyridine rings is 1. The molecule has 0 fully saturated rings. The minimum absolute atomic E-state index is 0.221. The van der Waals surface area contributed by atoms with Crippen LogP contribution >= 0.6 is 0 Å². The van der Waals surface area contributed by atoms with Crippen LogP contribution in [0.3, 0.4) is 0 Å². The average Bonchev–Trinajstić information content (AvgIpc) is 2.76. The first-order valence-electron chi connectivity index (χ1n) is 4.98. The quantitative estimate of drug-likeness (QED) is 0.647. The van der Waals surface area contributed by atoms with E-state index in [1.54, 1.807) is 24.4 Å². The lowest BCUT2D eigenvalue weighted by atomic mass is 10.1. The zero-order chi connectivity index (χ0) is 11.0. The van der Waals surface area contributed by atoms with Crippen molar-refractivity contribution >= 4 is 11.0 Å². The summed E-state index contributed by atoms with van der Waals surface area (Å²) in [6.45, 7) is 0. The lowest BCUT2D eigenvalue weighted by molar-refractivity contribution is 0.477. The first-order chi connectivity index (χ1) is 7.84. The normalized spacial score (nSPS) is 10.8. The minimum atomic E-state index is 0.221. The number of fused-ring (bicyclic) bond motifs is 1. The van der Waals surface area contributed by atoms with Gasteiger partial charge in [0.1, 0.15) is 11.4 Å². The molecule has 0 atom stereocenters. The van der Waals surface area contributed by atoms with E-state index in [0.29, 0.717) is 5.56 Å². The number of phenols is 1. The molecule has 0 unspecified atom stereocenters. The maximum Gasteiger partial charge on any atom is 0.137 e. The Hall–Kier alpha value is -2.29. The van der Waals surface area contributed by atoms with E-state index in [1.807, 2.05) is 18.3 Å². The standard InChI is InChI=1S/C13H9N2O/c16-12-4-2-1-3-11(12)10-7-9-5-6-14-13(9)15-8-10/h1-2,4-8,16H,(H,14,15). The molecule has 0 saturated carbocycles. The van der Waals surface area contributed by atoms with Gasteiger partial charge in [0, 0.05) is 28.9 Å². The van der Waals surface area contributed by atoms with Crippen LogP contribution in [-0.4, -0.2) is 15.1 Å². The highest BCUT2D eigenvalue weighted by Gasteiger charge is 2.05. The Morgan fingerprint density at radius 1 is 1.31 bits per heavy atom. The van der Waals surface area contributed by atoms with Crippen LogP contribution < -0.4 is 0 Å². The van der Waals surface area contributed by atoms with Gasteiger partial charge in [-0.25, -0.2) is 4.98 Å². The van der Waals surface area contributed by atoms with Crippen LogP contribution in [0.5, 0.6) is 5.75 Å². The van der Waals surface area contributed by atoms with Gasteiger partial charge in [-0.2, -0.15) is 0 Å². The number of rotatable bonds is 1. The van der Waals surface area contributed by atoms with Crippen LogP contribution in [0.15, 0.2) is 42.7 Å². The highest BCUT2D eigenvalue weighted by Crippen LogP contribution is 2.29. The number of aromatic nitrogens is 2. The molecule has 0 aliphatic heterocycles. The van der Waals surface area contributed by atoms with Gasteiger partial charge in [0.25, 0.3) is 0 Å². The fourth-order valence-corrected chi connectivity index (χ4v) is 1.74. The molecular weight excluding hydrogens is 200 g/mol. The molecule has 3 aromatic rings. The van der Waals surface area contributed by atoms with Crippen molar-refractivity contribution in [2.75, 3.05) is 0 Å². The smallest absolute Gasteiger partial charge is 0.137 e. The zero-order valence-corrected chi connectivity index (χ0v) is 8.44. The third kappa shape index (κ3) is 1.34. The number of H-pyrrole nitrogens is 1. The Bertz CT molecular complexity index is 643. The topological polar surface area (TPSA) is 48.9 Å². The Morgan fingerprint density at radius 3 is 3.12 bits per heavy atom. The van der Waals surface area contributed by atoms with Gasteiger partial charge < -0.3 is 10.1 Å². The van der Waals surface area contributed by atoms with Gasteiger partial charge >= 0.3 is 0 Å². The lowest BCUT2D eigenvalue weighted by Crippen LogP contribution is -1.82. The predicted octanol–water partition coefficient (Wildman–Crippen LogP) is 2.74. The summed E-state index contributed by atoms with van der Waals surface area (Å²) in [4.78, 5) is 7.30. The van der Waals surface area contributed by atoms with E-state index in [9.17, 15) is 5.11 Å². The summed E-state index contributed by atoms with van der Waals surface area (Å²) in [6, 6.07) is 12.1. The number of phenolic OH excluding ortho intramolecular Hbond substituents is 1. The first kappa shape index (κ1) is 8.97. The van der Waals surface area contributed by atoms with E-state index in [0.717, 1.165) is 16.6 Å². The summed E-state index contributed by atoms with van der Waals surface area (Å²) in [6.07, 6.45) is 3.57. The van der Waals surface area contributed by atoms with E-state index in [4.69, 9.17) is 0 Å². The van der Waals surface area contributed by atoms with Gasteiger partial charge in [-0.05, 0) is 24.3 Å². The zero-order valence-electron chi connectivity index (χ0n) is 8.44. The van der Waals surface area contributed by atoms with Crippen LogP contribution in [0, 0.1) is 6.07 Å². The molecule has 2 heterocycles. The van der Waals surface area contributed by atoms with Crippen molar-refractivity contribution in [2.24, 2.45) is 0 Å². The Balaban J connectivity index is 2.22. The van der Waals surface area contributed by atoms with E-state index < -0.39 is 0 Å². The number of nitrogens with zero attached hydrogens (tertiary/aromatic N) is 1. The molecule has 0 amide bonds. The van der Waals surface area contributed by atoms with Crippen molar-refractivity contribution < 1.29 is 5.11 Å². The summed E-state index contributed by atoms with van der Waals surface area (Å²) in [5.41, 5.74) is 2.39. The SMILES string of the molecule is Oc1ccc[c]c1-c1cnc2[nH]ccc2c1. The molecule has 3 rings (SSSR count). The summed E-state index contributed by atoms with van der Waals surface area (Å²) >= 11 is 0.